The van der Waals surface area contributed by atoms with E-state index < -0.39 is 11.7 Å². The molecule has 1 amide bonds. The molecular formula is C14H14FN3O. The van der Waals surface area contributed by atoms with Gasteiger partial charge >= 0.3 is 0 Å². The first-order valence-electron chi connectivity index (χ1n) is 5.77. The molecule has 0 aliphatic rings. The van der Waals surface area contributed by atoms with E-state index in [1.807, 2.05) is 6.92 Å². The predicted molar refractivity (Wildman–Crippen MR) is 72.5 cm³/mol. The second-order valence-corrected chi connectivity index (χ2v) is 4.34. The molecule has 2 aromatic rings. The van der Waals surface area contributed by atoms with Crippen molar-refractivity contribution in [3.8, 4) is 0 Å². The van der Waals surface area contributed by atoms with Crippen molar-refractivity contribution in [3.05, 3.63) is 53.1 Å². The third-order valence-corrected chi connectivity index (χ3v) is 2.69. The van der Waals surface area contributed by atoms with Gasteiger partial charge in [0.2, 0.25) is 0 Å². The van der Waals surface area contributed by atoms with Gasteiger partial charge in [-0.1, -0.05) is 0 Å². The maximum atomic E-state index is 13.9. The maximum absolute atomic E-state index is 13.9. The molecule has 0 spiro atoms. The van der Waals surface area contributed by atoms with Gasteiger partial charge in [0.1, 0.15) is 5.82 Å². The van der Waals surface area contributed by atoms with E-state index in [1.54, 1.807) is 19.1 Å². The Balaban J connectivity index is 2.27. The minimum absolute atomic E-state index is 0.0712. The van der Waals surface area contributed by atoms with E-state index in [9.17, 15) is 9.18 Å². The summed E-state index contributed by atoms with van der Waals surface area (Å²) in [7, 11) is 0. The van der Waals surface area contributed by atoms with Gasteiger partial charge in [-0.05, 0) is 43.7 Å². The Kier molecular flexibility index (Phi) is 3.46. The van der Waals surface area contributed by atoms with Crippen LogP contribution >= 0.6 is 0 Å². The monoisotopic (exact) mass is 259 g/mol. The fourth-order valence-corrected chi connectivity index (χ4v) is 1.70. The van der Waals surface area contributed by atoms with Gasteiger partial charge in [-0.25, -0.2) is 4.39 Å². The average Bonchev–Trinajstić information content (AvgIpc) is 2.36. The molecule has 0 aliphatic heterocycles. The van der Waals surface area contributed by atoms with Crippen LogP contribution in [-0.2, 0) is 0 Å². The van der Waals surface area contributed by atoms with Crippen molar-refractivity contribution in [1.82, 2.24) is 4.98 Å². The number of nitrogens with one attached hydrogen (secondary N) is 1. The minimum atomic E-state index is -0.563. The molecule has 0 fully saturated rings. The number of benzene rings is 1. The number of hydrogen-bond acceptors (Lipinski definition) is 3. The van der Waals surface area contributed by atoms with E-state index >= 15 is 0 Å². The molecule has 1 aromatic carbocycles. The number of pyridine rings is 1. The smallest absolute Gasteiger partial charge is 0.258 e. The molecule has 0 saturated carbocycles. The van der Waals surface area contributed by atoms with E-state index in [0.717, 1.165) is 5.69 Å². The number of hydrogen-bond donors (Lipinski definition) is 2. The van der Waals surface area contributed by atoms with Crippen LogP contribution in [0.2, 0.25) is 0 Å². The van der Waals surface area contributed by atoms with Crippen LogP contribution in [0.3, 0.4) is 0 Å². The third kappa shape index (κ3) is 2.88. The second kappa shape index (κ2) is 5.06. The van der Waals surface area contributed by atoms with Gasteiger partial charge in [0.15, 0.2) is 0 Å². The number of amides is 1. The number of nitrogen functional groups attached to an aromatic ring is 1. The average molecular weight is 259 g/mol. The molecule has 1 aromatic heterocycles. The van der Waals surface area contributed by atoms with Crippen molar-refractivity contribution in [1.29, 1.82) is 0 Å². The summed E-state index contributed by atoms with van der Waals surface area (Å²) in [5.41, 5.74) is 7.59. The summed E-state index contributed by atoms with van der Waals surface area (Å²) in [4.78, 5) is 16.0. The number of carbonyl (C=O) groups excluding carboxylic acids is 1. The largest absolute Gasteiger partial charge is 0.399 e. The molecule has 98 valence electrons. The molecule has 0 aliphatic carbocycles. The van der Waals surface area contributed by atoms with Crippen LogP contribution < -0.4 is 11.1 Å². The number of nitrogens with two attached hydrogens (primary N) is 1. The van der Waals surface area contributed by atoms with E-state index in [1.165, 1.54) is 18.3 Å². The quantitative estimate of drug-likeness (QED) is 0.815. The van der Waals surface area contributed by atoms with Gasteiger partial charge in [0, 0.05) is 11.4 Å². The van der Waals surface area contributed by atoms with Crippen molar-refractivity contribution in [2.24, 2.45) is 0 Å². The van der Waals surface area contributed by atoms with Crippen molar-refractivity contribution in [3.63, 3.8) is 0 Å². The predicted octanol–water partition coefficient (Wildman–Crippen LogP) is 2.67. The molecule has 0 bridgehead atoms. The first kappa shape index (κ1) is 13.0. The number of aromatic nitrogens is 1. The molecule has 5 heteroatoms. The van der Waals surface area contributed by atoms with E-state index in [4.69, 9.17) is 5.73 Å². The van der Waals surface area contributed by atoms with Gasteiger partial charge in [-0.15, -0.1) is 0 Å². The van der Waals surface area contributed by atoms with Gasteiger partial charge in [-0.3, -0.25) is 9.78 Å². The third-order valence-electron chi connectivity index (χ3n) is 2.69. The van der Waals surface area contributed by atoms with Crippen LogP contribution in [0.25, 0.3) is 0 Å². The van der Waals surface area contributed by atoms with Crippen LogP contribution in [0.1, 0.15) is 21.6 Å². The lowest BCUT2D eigenvalue weighted by molar-refractivity contribution is 0.102. The topological polar surface area (TPSA) is 68.0 Å². The lowest BCUT2D eigenvalue weighted by atomic mass is 10.1. The molecule has 0 atom stereocenters. The van der Waals surface area contributed by atoms with Crippen molar-refractivity contribution < 1.29 is 9.18 Å². The standard InChI is InChI=1S/C14H14FN3O/c1-8-5-10(16)6-12(13(8)15)14(19)18-11-4-3-9(2)17-7-11/h3-7H,16H2,1-2H3,(H,18,19). The fourth-order valence-electron chi connectivity index (χ4n) is 1.70. The van der Waals surface area contributed by atoms with E-state index in [0.29, 0.717) is 16.9 Å². The SMILES string of the molecule is Cc1ccc(NC(=O)c2cc(N)cc(C)c2F)cn1. The molecule has 19 heavy (non-hydrogen) atoms. The van der Waals surface area contributed by atoms with Crippen molar-refractivity contribution >= 4 is 17.3 Å². The highest BCUT2D eigenvalue weighted by Crippen LogP contribution is 2.18. The zero-order valence-corrected chi connectivity index (χ0v) is 10.7. The van der Waals surface area contributed by atoms with Crippen LogP contribution in [0.4, 0.5) is 15.8 Å². The van der Waals surface area contributed by atoms with Crippen LogP contribution in [0.5, 0.6) is 0 Å². The number of carbonyl (C=O) groups is 1. The lowest BCUT2D eigenvalue weighted by Gasteiger charge is -2.08. The molecule has 3 N–H and O–H groups in total. The minimum Gasteiger partial charge on any atom is -0.399 e. The Morgan fingerprint density at radius 3 is 2.68 bits per heavy atom. The van der Waals surface area contributed by atoms with Crippen molar-refractivity contribution in [2.75, 3.05) is 11.1 Å². The molecular weight excluding hydrogens is 245 g/mol. The van der Waals surface area contributed by atoms with E-state index in [-0.39, 0.29) is 5.56 Å². The molecule has 4 nitrogen and oxygen atoms in total. The summed E-state index contributed by atoms with van der Waals surface area (Å²) in [6, 6.07) is 6.27. The summed E-state index contributed by atoms with van der Waals surface area (Å²) in [6.45, 7) is 3.41. The normalized spacial score (nSPS) is 10.3. The van der Waals surface area contributed by atoms with Crippen LogP contribution in [0.15, 0.2) is 30.5 Å². The zero-order chi connectivity index (χ0) is 14.0. The van der Waals surface area contributed by atoms with Crippen molar-refractivity contribution in [2.45, 2.75) is 13.8 Å². The van der Waals surface area contributed by atoms with Crippen LogP contribution in [-0.4, -0.2) is 10.9 Å². The highest BCUT2D eigenvalue weighted by Gasteiger charge is 2.14. The van der Waals surface area contributed by atoms with E-state index in [2.05, 4.69) is 10.3 Å². The molecule has 1 heterocycles. The first-order chi connectivity index (χ1) is 8.97. The Labute approximate surface area is 110 Å². The number of nitrogens with zero attached hydrogens (tertiary/aromatic N) is 1. The summed E-state index contributed by atoms with van der Waals surface area (Å²) < 4.78 is 13.9. The number of aryl methyl sites for hydroxylation is 2. The highest BCUT2D eigenvalue weighted by molar-refractivity contribution is 6.05. The zero-order valence-electron chi connectivity index (χ0n) is 10.7. The van der Waals surface area contributed by atoms with Gasteiger partial charge in [0.05, 0.1) is 17.4 Å². The molecule has 0 saturated heterocycles. The second-order valence-electron chi connectivity index (χ2n) is 4.34. The van der Waals surface area contributed by atoms with Gasteiger partial charge < -0.3 is 11.1 Å². The van der Waals surface area contributed by atoms with Gasteiger partial charge in [0.25, 0.3) is 5.91 Å². The summed E-state index contributed by atoms with van der Waals surface area (Å²) in [5.74, 6) is -1.11. The molecule has 0 radical (unpaired) electrons. The Morgan fingerprint density at radius 1 is 1.32 bits per heavy atom. The summed E-state index contributed by atoms with van der Waals surface area (Å²) in [6.07, 6.45) is 1.52. The highest BCUT2D eigenvalue weighted by atomic mass is 19.1. The summed E-state index contributed by atoms with van der Waals surface area (Å²) in [5, 5.41) is 2.58. The number of halogens is 1. The van der Waals surface area contributed by atoms with Gasteiger partial charge in [-0.2, -0.15) is 0 Å². The molecule has 0 unspecified atom stereocenters. The number of anilines is 2. The first-order valence-corrected chi connectivity index (χ1v) is 5.77. The summed E-state index contributed by atoms with van der Waals surface area (Å²) >= 11 is 0. The number of rotatable bonds is 2. The maximum Gasteiger partial charge on any atom is 0.258 e. The Bertz CT molecular complexity index is 623. The van der Waals surface area contributed by atoms with Crippen LogP contribution in [0, 0.1) is 19.7 Å². The Hall–Kier alpha value is -2.43. The Morgan fingerprint density at radius 2 is 2.05 bits per heavy atom. The lowest BCUT2D eigenvalue weighted by Crippen LogP contribution is -2.15. The fraction of sp³-hybridized carbons (Fsp3) is 0.143. The molecule has 2 rings (SSSR count).